The number of benzene rings is 1. The number of nitrogens with zero attached hydrogens (tertiary/aromatic N) is 2. The normalized spacial score (nSPS) is 23.8. The maximum absolute atomic E-state index is 13.2. The molecule has 4 N–H and O–H groups in total. The molecule has 2 aliphatic rings. The lowest BCUT2D eigenvalue weighted by Gasteiger charge is -2.32. The van der Waals surface area contributed by atoms with Crippen molar-refractivity contribution in [1.82, 2.24) is 20.2 Å². The Kier molecular flexibility index (Phi) is 6.93. The quantitative estimate of drug-likeness (QED) is 0.449. The summed E-state index contributed by atoms with van der Waals surface area (Å²) >= 11 is 0. The number of carbonyl (C=O) groups is 2. The van der Waals surface area contributed by atoms with Gasteiger partial charge in [-0.15, -0.1) is 0 Å². The van der Waals surface area contributed by atoms with Crippen LogP contribution in [0.3, 0.4) is 0 Å². The van der Waals surface area contributed by atoms with Crippen LogP contribution in [0, 0.1) is 5.92 Å². The topological polar surface area (TPSA) is 137 Å². The van der Waals surface area contributed by atoms with Gasteiger partial charge in [-0.1, -0.05) is 38.1 Å². The molecule has 3 atom stereocenters. The molecule has 0 spiro atoms. The molecule has 0 radical (unpaired) electrons. The highest BCUT2D eigenvalue weighted by Crippen LogP contribution is 2.37. The number of carbonyl (C=O) groups excluding carboxylic acids is 1. The summed E-state index contributed by atoms with van der Waals surface area (Å²) in [4.78, 5) is 33.7. The number of aromatic nitrogens is 2. The second-order valence-electron chi connectivity index (χ2n) is 11.0. The molecule has 2 aliphatic heterocycles. The molecule has 36 heavy (non-hydrogen) atoms. The molecule has 1 aromatic heterocycles. The van der Waals surface area contributed by atoms with Crippen LogP contribution >= 0.6 is 0 Å². The molecule has 0 bridgehead atoms. The number of nitrogens with one attached hydrogen (secondary N) is 2. The number of carboxylic acid groups (broad SMARTS) is 1. The summed E-state index contributed by atoms with van der Waals surface area (Å²) in [6.45, 7) is 11.7. The lowest BCUT2D eigenvalue weighted by atomic mass is 9.79. The van der Waals surface area contributed by atoms with E-state index >= 15 is 0 Å². The van der Waals surface area contributed by atoms with Crippen molar-refractivity contribution in [2.75, 3.05) is 6.54 Å². The number of aromatic amines is 1. The van der Waals surface area contributed by atoms with Gasteiger partial charge in [0.1, 0.15) is 11.9 Å². The second kappa shape index (κ2) is 9.53. The summed E-state index contributed by atoms with van der Waals surface area (Å²) in [5.74, 6) is -0.0805. The van der Waals surface area contributed by atoms with E-state index in [0.29, 0.717) is 12.2 Å². The molecule has 0 aliphatic carbocycles. The van der Waals surface area contributed by atoms with Crippen molar-refractivity contribution in [2.24, 2.45) is 5.92 Å². The van der Waals surface area contributed by atoms with Crippen LogP contribution in [-0.2, 0) is 14.1 Å². The molecule has 11 heteroatoms. The number of rotatable bonds is 6. The van der Waals surface area contributed by atoms with Gasteiger partial charge in [0.2, 0.25) is 5.91 Å². The minimum Gasteiger partial charge on any atom is -0.465 e. The number of hydrogen-bond donors (Lipinski definition) is 4. The number of aliphatic hydroxyl groups excluding tert-OH is 1. The summed E-state index contributed by atoms with van der Waals surface area (Å²) in [6, 6.07) is 6.43. The van der Waals surface area contributed by atoms with Crippen molar-refractivity contribution in [3.05, 3.63) is 36.3 Å². The Morgan fingerprint density at radius 3 is 2.33 bits per heavy atom. The Labute approximate surface area is 211 Å². The lowest BCUT2D eigenvalue weighted by Crippen LogP contribution is -2.51. The fraction of sp³-hybridized carbons (Fsp3) is 0.560. The van der Waals surface area contributed by atoms with Crippen molar-refractivity contribution in [3.63, 3.8) is 0 Å². The molecular formula is C25H35BN4O6. The van der Waals surface area contributed by atoms with E-state index in [-0.39, 0.29) is 18.4 Å². The maximum Gasteiger partial charge on any atom is 0.494 e. The summed E-state index contributed by atoms with van der Waals surface area (Å²) in [6.07, 6.45) is 0.0336. The van der Waals surface area contributed by atoms with Gasteiger partial charge in [0.15, 0.2) is 0 Å². The number of aliphatic hydroxyl groups is 1. The molecule has 0 saturated carbocycles. The highest BCUT2D eigenvalue weighted by atomic mass is 16.7. The molecule has 1 aromatic carbocycles. The number of likely N-dealkylation sites (tertiary alicyclic amines) is 1. The standard InChI is InChI=1S/C25H35BN4O6/c1-14(2)20(29-23(33)34)22(32)30-13-17(31)11-19(30)21-27-12-18(28-21)15-7-9-16(10-8-15)26-35-24(3,4)25(5,6)36-26/h7-10,12,14,17,19-20,29,31H,11,13H2,1-6H3,(H,27,28)(H,33,34)/t17-,19+,20+/m1/s1. The van der Waals surface area contributed by atoms with Crippen molar-refractivity contribution in [3.8, 4) is 11.3 Å². The van der Waals surface area contributed by atoms with Gasteiger partial charge in [-0.2, -0.15) is 0 Å². The predicted molar refractivity (Wildman–Crippen MR) is 135 cm³/mol. The first-order valence-electron chi connectivity index (χ1n) is 12.3. The number of H-pyrrole nitrogens is 1. The van der Waals surface area contributed by atoms with Gasteiger partial charge >= 0.3 is 13.2 Å². The average Bonchev–Trinajstić information content (AvgIpc) is 3.47. The fourth-order valence-corrected chi connectivity index (χ4v) is 4.59. The first-order chi connectivity index (χ1) is 16.8. The molecule has 2 aromatic rings. The zero-order valence-corrected chi connectivity index (χ0v) is 21.6. The van der Waals surface area contributed by atoms with Crippen LogP contribution in [0.2, 0.25) is 0 Å². The van der Waals surface area contributed by atoms with E-state index in [0.717, 1.165) is 16.7 Å². The van der Waals surface area contributed by atoms with E-state index < -0.39 is 42.6 Å². The van der Waals surface area contributed by atoms with Gasteiger partial charge in [-0.05, 0) is 44.6 Å². The van der Waals surface area contributed by atoms with Crippen molar-refractivity contribution in [1.29, 1.82) is 0 Å². The van der Waals surface area contributed by atoms with Gasteiger partial charge in [0.05, 0.1) is 35.2 Å². The van der Waals surface area contributed by atoms with Crippen molar-refractivity contribution in [2.45, 2.75) is 77.4 Å². The Balaban J connectivity index is 1.51. The monoisotopic (exact) mass is 498 g/mol. The lowest BCUT2D eigenvalue weighted by molar-refractivity contribution is -0.135. The van der Waals surface area contributed by atoms with Crippen LogP contribution in [0.25, 0.3) is 11.3 Å². The van der Waals surface area contributed by atoms with E-state index in [1.165, 1.54) is 4.90 Å². The van der Waals surface area contributed by atoms with E-state index in [2.05, 4.69) is 15.3 Å². The van der Waals surface area contributed by atoms with Gasteiger partial charge in [0, 0.05) is 13.0 Å². The number of β-amino-alcohol motifs (C(OH)–C–C–N with tert-alkyl or cyclic N) is 1. The minimum absolute atomic E-state index is 0.118. The van der Waals surface area contributed by atoms with Crippen LogP contribution in [0.4, 0.5) is 4.79 Å². The Bertz CT molecular complexity index is 1100. The molecular weight excluding hydrogens is 463 g/mol. The molecule has 194 valence electrons. The van der Waals surface area contributed by atoms with Gasteiger partial charge < -0.3 is 34.7 Å². The Morgan fingerprint density at radius 1 is 1.17 bits per heavy atom. The fourth-order valence-electron chi connectivity index (χ4n) is 4.59. The number of imidazole rings is 1. The largest absolute Gasteiger partial charge is 0.494 e. The molecule has 3 heterocycles. The summed E-state index contributed by atoms with van der Waals surface area (Å²) in [7, 11) is -0.450. The van der Waals surface area contributed by atoms with E-state index in [1.54, 1.807) is 20.0 Å². The second-order valence-corrected chi connectivity index (χ2v) is 11.0. The third-order valence-electron chi connectivity index (χ3n) is 7.43. The summed E-state index contributed by atoms with van der Waals surface area (Å²) in [5.41, 5.74) is 1.75. The van der Waals surface area contributed by atoms with Gasteiger partial charge in [-0.3, -0.25) is 4.79 Å². The highest BCUT2D eigenvalue weighted by Gasteiger charge is 2.51. The first-order valence-corrected chi connectivity index (χ1v) is 12.3. The average molecular weight is 498 g/mol. The third kappa shape index (κ3) is 5.00. The molecule has 2 amide bonds. The first kappa shape index (κ1) is 26.2. The van der Waals surface area contributed by atoms with Crippen LogP contribution in [0.15, 0.2) is 30.5 Å². The summed E-state index contributed by atoms with van der Waals surface area (Å²) < 4.78 is 12.3. The summed E-state index contributed by atoms with van der Waals surface area (Å²) in [5, 5.41) is 21.8. The zero-order valence-electron chi connectivity index (χ0n) is 21.6. The van der Waals surface area contributed by atoms with Crippen molar-refractivity contribution >= 4 is 24.6 Å². The SMILES string of the molecule is CC(C)[C@H](NC(=O)O)C(=O)N1C[C@H](O)C[C@H]1c1ncc(-c2ccc(B3OC(C)(C)C(C)(C)O3)cc2)[nH]1. The Morgan fingerprint density at radius 2 is 1.78 bits per heavy atom. The number of amides is 2. The van der Waals surface area contributed by atoms with Crippen LogP contribution in [-0.4, -0.2) is 74.1 Å². The molecule has 4 rings (SSSR count). The molecule has 2 fully saturated rings. The van der Waals surface area contributed by atoms with Crippen LogP contribution in [0.1, 0.15) is 59.8 Å². The third-order valence-corrected chi connectivity index (χ3v) is 7.43. The van der Waals surface area contributed by atoms with Gasteiger partial charge in [-0.25, -0.2) is 9.78 Å². The van der Waals surface area contributed by atoms with Gasteiger partial charge in [0.25, 0.3) is 0 Å². The number of hydrogen-bond acceptors (Lipinski definition) is 6. The molecule has 10 nitrogen and oxygen atoms in total. The Hall–Kier alpha value is -2.89. The van der Waals surface area contributed by atoms with E-state index in [9.17, 15) is 14.7 Å². The molecule has 2 saturated heterocycles. The highest BCUT2D eigenvalue weighted by molar-refractivity contribution is 6.62. The smallest absolute Gasteiger partial charge is 0.465 e. The van der Waals surface area contributed by atoms with E-state index in [4.69, 9.17) is 14.4 Å². The van der Waals surface area contributed by atoms with Crippen molar-refractivity contribution < 1.29 is 29.1 Å². The minimum atomic E-state index is -1.26. The van der Waals surface area contributed by atoms with Crippen LogP contribution < -0.4 is 10.8 Å². The molecule has 0 unspecified atom stereocenters. The zero-order chi connectivity index (χ0) is 26.4. The maximum atomic E-state index is 13.2. The van der Waals surface area contributed by atoms with E-state index in [1.807, 2.05) is 52.0 Å². The predicted octanol–water partition coefficient (Wildman–Crippen LogP) is 2.30. The van der Waals surface area contributed by atoms with Crippen LogP contribution in [0.5, 0.6) is 0 Å².